The highest BCUT2D eigenvalue weighted by Gasteiger charge is 2.45. The van der Waals surface area contributed by atoms with Gasteiger partial charge in [0.1, 0.15) is 11.8 Å². The average molecular weight is 745 g/mol. The zero-order valence-corrected chi connectivity index (χ0v) is 30.3. The Labute approximate surface area is 315 Å². The Morgan fingerprint density at radius 2 is 1.75 bits per heavy atom. The van der Waals surface area contributed by atoms with Gasteiger partial charge in [-0.2, -0.15) is 14.7 Å². The van der Waals surface area contributed by atoms with Crippen LogP contribution in [0, 0.1) is 5.92 Å². The van der Waals surface area contributed by atoms with Gasteiger partial charge in [0.05, 0.1) is 35.5 Å². The van der Waals surface area contributed by atoms with E-state index >= 15 is 0 Å². The first-order valence-electron chi connectivity index (χ1n) is 18.7. The third-order valence-electron chi connectivity index (χ3n) is 11.4. The summed E-state index contributed by atoms with van der Waals surface area (Å²) in [5, 5.41) is 15.4. The molecule has 3 aliphatic heterocycles. The highest BCUT2D eigenvalue weighted by atomic mass is 16.5. The second kappa shape index (κ2) is 13.9. The Morgan fingerprint density at radius 3 is 2.53 bits per heavy atom. The molecule has 2 aromatic carbocycles. The van der Waals surface area contributed by atoms with Crippen LogP contribution in [0.3, 0.4) is 0 Å². The summed E-state index contributed by atoms with van der Waals surface area (Å²) in [7, 11) is 1.56. The number of anilines is 1. The lowest BCUT2D eigenvalue weighted by Gasteiger charge is -2.39. The molecule has 0 bridgehead atoms. The summed E-state index contributed by atoms with van der Waals surface area (Å²) in [5.41, 5.74) is 3.33. The molecule has 0 spiro atoms. The summed E-state index contributed by atoms with van der Waals surface area (Å²) in [4.78, 5) is 74.2. The zero-order valence-electron chi connectivity index (χ0n) is 30.3. The van der Waals surface area contributed by atoms with E-state index in [-0.39, 0.29) is 30.4 Å². The lowest BCUT2D eigenvalue weighted by molar-refractivity contribution is -0.136. The van der Waals surface area contributed by atoms with Gasteiger partial charge in [0, 0.05) is 74.7 Å². The van der Waals surface area contributed by atoms with Gasteiger partial charge in [-0.3, -0.25) is 39.1 Å². The molecule has 16 nitrogen and oxygen atoms in total. The van der Waals surface area contributed by atoms with Crippen molar-refractivity contribution in [3.63, 3.8) is 0 Å². The fraction of sp³-hybridized carbons (Fsp3) is 0.385. The van der Waals surface area contributed by atoms with Crippen LogP contribution in [0.5, 0.6) is 5.75 Å². The van der Waals surface area contributed by atoms with E-state index in [1.54, 1.807) is 46.9 Å². The summed E-state index contributed by atoms with van der Waals surface area (Å²) in [6.07, 6.45) is 9.33. The fourth-order valence-electron chi connectivity index (χ4n) is 8.45. The lowest BCUT2D eigenvalue weighted by Crippen LogP contribution is -2.54. The van der Waals surface area contributed by atoms with Crippen LogP contribution in [-0.4, -0.2) is 116 Å². The number of hydrogen-bond acceptors (Lipinski definition) is 11. The van der Waals surface area contributed by atoms with Crippen molar-refractivity contribution >= 4 is 51.8 Å². The molecule has 5 aromatic rings. The molecule has 55 heavy (non-hydrogen) atoms. The van der Waals surface area contributed by atoms with Gasteiger partial charge in [-0.25, -0.2) is 9.67 Å². The van der Waals surface area contributed by atoms with Crippen LogP contribution < -0.4 is 20.3 Å². The molecule has 3 aromatic heterocycles. The molecule has 9 rings (SSSR count). The Balaban J connectivity index is 0.773. The predicted octanol–water partition coefficient (Wildman–Crippen LogP) is 2.59. The minimum atomic E-state index is -0.979. The highest BCUT2D eigenvalue weighted by Crippen LogP contribution is 2.32. The largest absolute Gasteiger partial charge is 0.496 e. The van der Waals surface area contributed by atoms with Crippen molar-refractivity contribution in [1.82, 2.24) is 44.8 Å². The van der Waals surface area contributed by atoms with Crippen molar-refractivity contribution in [3.05, 3.63) is 77.7 Å². The van der Waals surface area contributed by atoms with Crippen LogP contribution in [0.4, 0.5) is 5.69 Å². The first kappa shape index (κ1) is 34.6. The van der Waals surface area contributed by atoms with E-state index in [4.69, 9.17) is 9.84 Å². The molecular weight excluding hydrogens is 704 g/mol. The second-order valence-electron chi connectivity index (χ2n) is 14.8. The predicted molar refractivity (Wildman–Crippen MR) is 199 cm³/mol. The van der Waals surface area contributed by atoms with Crippen LogP contribution >= 0.6 is 0 Å². The molecule has 282 valence electrons. The number of hydrogen-bond donors (Lipinski definition) is 2. The molecule has 4 aliphatic rings. The topological polar surface area (TPSA) is 176 Å². The van der Waals surface area contributed by atoms with Crippen molar-refractivity contribution in [3.8, 4) is 11.6 Å². The van der Waals surface area contributed by atoms with Crippen LogP contribution in [0.25, 0.3) is 22.4 Å². The third-order valence-corrected chi connectivity index (χ3v) is 11.4. The molecule has 6 heterocycles. The number of methoxy groups -OCH3 is 1. The van der Waals surface area contributed by atoms with Gasteiger partial charge in [-0.05, 0) is 74.4 Å². The van der Waals surface area contributed by atoms with Gasteiger partial charge in [-0.1, -0.05) is 0 Å². The second-order valence-corrected chi connectivity index (χ2v) is 14.8. The van der Waals surface area contributed by atoms with E-state index in [9.17, 15) is 24.0 Å². The number of carbonyl (C=O) groups excluding carboxylic acids is 5. The van der Waals surface area contributed by atoms with Crippen LogP contribution in [0.1, 0.15) is 69.6 Å². The van der Waals surface area contributed by atoms with Crippen LogP contribution in [-0.2, 0) is 9.59 Å². The Kier molecular flexibility index (Phi) is 8.76. The number of nitrogens with one attached hydrogen (secondary N) is 2. The standard InChI is InChI=1S/C39H40N10O6/c1-55-32-19-30-24(22-47(44-30)35-20-40-33-3-2-12-41-49(33)35)17-29(32)36(51)42-25-6-4-23(5-7-25)21-45-13-15-46(16-14-45)26-8-9-27-28(18-26)39(54)48(38(27)53)31-10-11-34(50)43-37(31)52/h2-3,8-9,12,17-20,22-23,25,31H,4-7,10-11,13-16,21H2,1H3,(H,42,51)(H,43,50,52). The number of amides is 5. The van der Waals surface area contributed by atoms with Gasteiger partial charge < -0.3 is 15.0 Å². The maximum atomic E-state index is 13.6. The van der Waals surface area contributed by atoms with Gasteiger partial charge in [0.15, 0.2) is 11.5 Å². The van der Waals surface area contributed by atoms with Gasteiger partial charge >= 0.3 is 0 Å². The van der Waals surface area contributed by atoms with E-state index in [2.05, 4.69) is 30.5 Å². The maximum Gasteiger partial charge on any atom is 0.262 e. The van der Waals surface area contributed by atoms with Crippen molar-refractivity contribution in [1.29, 1.82) is 0 Å². The molecule has 3 fully saturated rings. The number of fused-ring (bicyclic) bond motifs is 3. The number of ether oxygens (including phenoxy) is 1. The Bertz CT molecular complexity index is 2370. The Hall–Kier alpha value is -6.16. The van der Waals surface area contributed by atoms with E-state index in [0.29, 0.717) is 39.8 Å². The summed E-state index contributed by atoms with van der Waals surface area (Å²) in [6, 6.07) is 11.7. The number of benzene rings is 2. The SMILES string of the molecule is COc1cc2nn(-c3cnc4cccnn34)cc2cc1C(=O)NC1CCC(CN2CCN(c3ccc4c(c3)C(=O)N(C3CCC(=O)NC3=O)C4=O)CC2)CC1. The first-order chi connectivity index (χ1) is 26.7. The molecular formula is C39H40N10O6. The number of imidazole rings is 1. The molecule has 2 N–H and O–H groups in total. The third kappa shape index (κ3) is 6.35. The van der Waals surface area contributed by atoms with Gasteiger partial charge in [-0.15, -0.1) is 0 Å². The minimum Gasteiger partial charge on any atom is -0.496 e. The number of piperazine rings is 1. The summed E-state index contributed by atoms with van der Waals surface area (Å²) in [5.74, 6) is -0.472. The molecule has 2 saturated heterocycles. The number of piperidine rings is 1. The zero-order chi connectivity index (χ0) is 37.8. The van der Waals surface area contributed by atoms with E-state index in [0.717, 1.165) is 74.4 Å². The maximum absolute atomic E-state index is 13.6. The summed E-state index contributed by atoms with van der Waals surface area (Å²) in [6.45, 7) is 4.29. The summed E-state index contributed by atoms with van der Waals surface area (Å²) < 4.78 is 9.05. The first-order valence-corrected chi connectivity index (χ1v) is 18.7. The van der Waals surface area contributed by atoms with Crippen molar-refractivity contribution in [2.45, 2.75) is 50.6 Å². The lowest BCUT2D eigenvalue weighted by atomic mass is 9.85. The summed E-state index contributed by atoms with van der Waals surface area (Å²) >= 11 is 0. The van der Waals surface area contributed by atoms with Crippen LogP contribution in [0.2, 0.25) is 0 Å². The van der Waals surface area contributed by atoms with Crippen LogP contribution in [0.15, 0.2) is 61.1 Å². The molecule has 1 unspecified atom stereocenters. The number of nitrogens with zero attached hydrogens (tertiary/aromatic N) is 8. The van der Waals surface area contributed by atoms with E-state index in [1.165, 1.54) is 0 Å². The van der Waals surface area contributed by atoms with Crippen molar-refractivity contribution in [2.24, 2.45) is 5.92 Å². The quantitative estimate of drug-likeness (QED) is 0.224. The smallest absolute Gasteiger partial charge is 0.262 e. The van der Waals surface area contributed by atoms with E-state index < -0.39 is 29.7 Å². The normalized spacial score (nSPS) is 22.0. The number of imide groups is 2. The number of carbonyl (C=O) groups is 5. The molecule has 0 radical (unpaired) electrons. The van der Waals surface area contributed by atoms with Gasteiger partial charge in [0.2, 0.25) is 11.8 Å². The fourth-order valence-corrected chi connectivity index (χ4v) is 8.45. The highest BCUT2D eigenvalue weighted by molar-refractivity contribution is 6.23. The number of aromatic nitrogens is 5. The van der Waals surface area contributed by atoms with Gasteiger partial charge in [0.25, 0.3) is 17.7 Å². The Morgan fingerprint density at radius 1 is 0.945 bits per heavy atom. The van der Waals surface area contributed by atoms with E-state index in [1.807, 2.05) is 30.5 Å². The molecule has 16 heteroatoms. The van der Waals surface area contributed by atoms with Crippen molar-refractivity contribution < 1.29 is 28.7 Å². The molecule has 1 aliphatic carbocycles. The molecule has 1 saturated carbocycles. The monoisotopic (exact) mass is 744 g/mol. The van der Waals surface area contributed by atoms with Crippen molar-refractivity contribution in [2.75, 3.05) is 44.7 Å². The number of rotatable bonds is 8. The molecule has 5 amide bonds. The molecule has 1 atom stereocenters. The minimum absolute atomic E-state index is 0.0771. The average Bonchev–Trinajstić information content (AvgIpc) is 3.89.